The highest BCUT2D eigenvalue weighted by atomic mass is 16.7. The number of hydrogen-bond donors (Lipinski definition) is 0. The summed E-state index contributed by atoms with van der Waals surface area (Å²) in [6.45, 7) is 5.71. The largest absolute Gasteiger partial charge is 0.343 e. The van der Waals surface area contributed by atoms with Crippen molar-refractivity contribution in [3.63, 3.8) is 0 Å². The molecule has 0 aliphatic carbocycles. The normalized spacial score (nSPS) is 44.5. The molecular formula is C10H14O3. The number of ether oxygens (including phenoxy) is 2. The highest BCUT2D eigenvalue weighted by molar-refractivity contribution is 5.95. The molecule has 0 amide bonds. The number of carbonyl (C=O) groups excluding carboxylic acids is 1. The minimum absolute atomic E-state index is 0.0742. The lowest BCUT2D eigenvalue weighted by molar-refractivity contribution is -0.282. The Labute approximate surface area is 77.7 Å². The van der Waals surface area contributed by atoms with Crippen LogP contribution in [0.1, 0.15) is 27.2 Å². The van der Waals surface area contributed by atoms with E-state index >= 15 is 0 Å². The van der Waals surface area contributed by atoms with Gasteiger partial charge < -0.3 is 9.47 Å². The Kier molecular flexibility index (Phi) is 1.82. The smallest absolute Gasteiger partial charge is 0.189 e. The number of hydrogen-bond acceptors (Lipinski definition) is 3. The summed E-state index contributed by atoms with van der Waals surface area (Å²) in [6.07, 6.45) is 2.10. The minimum atomic E-state index is -0.670. The quantitative estimate of drug-likeness (QED) is 0.568. The van der Waals surface area contributed by atoms with Gasteiger partial charge in [-0.15, -0.1) is 0 Å². The molecular weight excluding hydrogens is 168 g/mol. The van der Waals surface area contributed by atoms with E-state index in [1.165, 1.54) is 0 Å². The monoisotopic (exact) mass is 182 g/mol. The fourth-order valence-corrected chi connectivity index (χ4v) is 1.88. The van der Waals surface area contributed by atoms with Crippen LogP contribution in [0, 0.1) is 0 Å². The summed E-state index contributed by atoms with van der Waals surface area (Å²) in [5, 5.41) is 0. The molecule has 0 spiro atoms. The van der Waals surface area contributed by atoms with Crippen molar-refractivity contribution < 1.29 is 14.3 Å². The average Bonchev–Trinajstić information content (AvgIpc) is 2.00. The zero-order valence-electron chi connectivity index (χ0n) is 8.16. The first-order valence-corrected chi connectivity index (χ1v) is 4.59. The van der Waals surface area contributed by atoms with Crippen LogP contribution < -0.4 is 0 Å². The zero-order valence-corrected chi connectivity index (χ0v) is 8.16. The van der Waals surface area contributed by atoms with Gasteiger partial charge in [-0.1, -0.05) is 0 Å². The van der Waals surface area contributed by atoms with Crippen molar-refractivity contribution in [2.24, 2.45) is 0 Å². The molecule has 2 aliphatic rings. The Morgan fingerprint density at radius 2 is 2.23 bits per heavy atom. The van der Waals surface area contributed by atoms with Gasteiger partial charge >= 0.3 is 0 Å². The molecule has 0 N–H and O–H groups in total. The van der Waals surface area contributed by atoms with Gasteiger partial charge in [0, 0.05) is 6.42 Å². The maximum atomic E-state index is 11.4. The molecule has 0 saturated carbocycles. The van der Waals surface area contributed by atoms with E-state index in [9.17, 15) is 4.79 Å². The van der Waals surface area contributed by atoms with Crippen LogP contribution in [0.3, 0.4) is 0 Å². The lowest BCUT2D eigenvalue weighted by atomic mass is 9.95. The van der Waals surface area contributed by atoms with E-state index < -0.39 is 5.79 Å². The summed E-state index contributed by atoms with van der Waals surface area (Å²) in [5.74, 6) is -0.596. The van der Waals surface area contributed by atoms with Gasteiger partial charge in [-0.05, 0) is 32.4 Å². The first kappa shape index (κ1) is 8.91. The van der Waals surface area contributed by atoms with E-state index in [2.05, 4.69) is 0 Å². The maximum absolute atomic E-state index is 11.4. The third-order valence-electron chi connectivity index (χ3n) is 2.73. The van der Waals surface area contributed by atoms with Gasteiger partial charge in [-0.2, -0.15) is 0 Å². The van der Waals surface area contributed by atoms with Crippen LogP contribution in [0.25, 0.3) is 0 Å². The van der Waals surface area contributed by atoms with Crippen molar-refractivity contribution in [3.05, 3.63) is 11.6 Å². The molecule has 2 bridgehead atoms. The molecule has 0 radical (unpaired) electrons. The standard InChI is InChI=1S/C10H14O3/c1-6-4-8(11)9-5-7(2)12-10(6,3)13-9/h4,7,9H,5H2,1-3H3. The Morgan fingerprint density at radius 1 is 1.54 bits per heavy atom. The van der Waals surface area contributed by atoms with Gasteiger partial charge in [0.2, 0.25) is 0 Å². The zero-order chi connectivity index (χ0) is 9.64. The van der Waals surface area contributed by atoms with Crippen molar-refractivity contribution in [1.82, 2.24) is 0 Å². The van der Waals surface area contributed by atoms with E-state index in [1.54, 1.807) is 6.08 Å². The molecule has 2 heterocycles. The number of carbonyl (C=O) groups is 1. The van der Waals surface area contributed by atoms with Gasteiger partial charge in [0.1, 0.15) is 6.10 Å². The molecule has 13 heavy (non-hydrogen) atoms. The van der Waals surface area contributed by atoms with Crippen LogP contribution in [0.4, 0.5) is 0 Å². The van der Waals surface area contributed by atoms with Gasteiger partial charge in [-0.3, -0.25) is 4.79 Å². The summed E-state index contributed by atoms with van der Waals surface area (Å²) in [7, 11) is 0. The van der Waals surface area contributed by atoms with E-state index in [-0.39, 0.29) is 18.0 Å². The van der Waals surface area contributed by atoms with Crippen LogP contribution in [0.2, 0.25) is 0 Å². The third-order valence-corrected chi connectivity index (χ3v) is 2.73. The molecule has 0 aromatic rings. The second-order valence-corrected chi connectivity index (χ2v) is 3.95. The molecule has 1 saturated heterocycles. The van der Waals surface area contributed by atoms with Gasteiger partial charge in [0.15, 0.2) is 11.6 Å². The van der Waals surface area contributed by atoms with E-state index in [0.29, 0.717) is 6.42 Å². The molecule has 0 aromatic heterocycles. The maximum Gasteiger partial charge on any atom is 0.189 e. The van der Waals surface area contributed by atoms with Crippen molar-refractivity contribution in [1.29, 1.82) is 0 Å². The fourth-order valence-electron chi connectivity index (χ4n) is 1.88. The van der Waals surface area contributed by atoms with Gasteiger partial charge in [0.25, 0.3) is 0 Å². The summed E-state index contributed by atoms with van der Waals surface area (Å²) >= 11 is 0. The van der Waals surface area contributed by atoms with E-state index in [4.69, 9.17) is 9.47 Å². The molecule has 3 heteroatoms. The minimum Gasteiger partial charge on any atom is -0.343 e. The topological polar surface area (TPSA) is 35.5 Å². The Morgan fingerprint density at radius 3 is 2.92 bits per heavy atom. The van der Waals surface area contributed by atoms with Gasteiger partial charge in [-0.25, -0.2) is 0 Å². The summed E-state index contributed by atoms with van der Waals surface area (Å²) in [6, 6.07) is 0. The first-order chi connectivity index (χ1) is 6.01. The highest BCUT2D eigenvalue weighted by Gasteiger charge is 2.44. The van der Waals surface area contributed by atoms with Crippen LogP contribution in [0.5, 0.6) is 0 Å². The van der Waals surface area contributed by atoms with Crippen LogP contribution >= 0.6 is 0 Å². The number of rotatable bonds is 0. The second kappa shape index (κ2) is 2.66. The fraction of sp³-hybridized carbons (Fsp3) is 0.700. The summed E-state index contributed by atoms with van der Waals surface area (Å²) in [5.41, 5.74) is 0.861. The Balaban J connectivity index is 2.37. The third kappa shape index (κ3) is 1.32. The Bertz CT molecular complexity index is 282. The highest BCUT2D eigenvalue weighted by Crippen LogP contribution is 2.36. The SMILES string of the molecule is CC1=CC(=O)C2CC(C)OC1(C)O2. The lowest BCUT2D eigenvalue weighted by Gasteiger charge is -2.44. The van der Waals surface area contributed by atoms with Crippen LogP contribution in [-0.2, 0) is 14.3 Å². The molecule has 2 rings (SSSR count). The average molecular weight is 182 g/mol. The lowest BCUT2D eigenvalue weighted by Crippen LogP contribution is -2.51. The molecule has 3 atom stereocenters. The van der Waals surface area contributed by atoms with Crippen molar-refractivity contribution >= 4 is 5.78 Å². The van der Waals surface area contributed by atoms with Crippen molar-refractivity contribution in [2.75, 3.05) is 0 Å². The summed E-state index contributed by atoms with van der Waals surface area (Å²) in [4.78, 5) is 11.4. The molecule has 2 aliphatic heterocycles. The molecule has 0 aromatic carbocycles. The molecule has 3 unspecified atom stereocenters. The number of fused-ring (bicyclic) bond motifs is 2. The van der Waals surface area contributed by atoms with Crippen molar-refractivity contribution in [2.45, 2.75) is 45.2 Å². The van der Waals surface area contributed by atoms with Crippen LogP contribution in [-0.4, -0.2) is 23.8 Å². The first-order valence-electron chi connectivity index (χ1n) is 4.59. The Hall–Kier alpha value is -0.670. The van der Waals surface area contributed by atoms with E-state index in [1.807, 2.05) is 20.8 Å². The van der Waals surface area contributed by atoms with Gasteiger partial charge in [0.05, 0.1) is 6.10 Å². The predicted molar refractivity (Wildman–Crippen MR) is 47.2 cm³/mol. The molecule has 1 fully saturated rings. The summed E-state index contributed by atoms with van der Waals surface area (Å²) < 4.78 is 11.2. The van der Waals surface area contributed by atoms with Crippen molar-refractivity contribution in [3.8, 4) is 0 Å². The molecule has 3 nitrogen and oxygen atoms in total. The van der Waals surface area contributed by atoms with Crippen LogP contribution in [0.15, 0.2) is 11.6 Å². The number of ketones is 1. The molecule has 72 valence electrons. The predicted octanol–water partition coefficient (Wildman–Crippen LogP) is 1.43. The van der Waals surface area contributed by atoms with E-state index in [0.717, 1.165) is 5.57 Å². The second-order valence-electron chi connectivity index (χ2n) is 3.95.